The predicted octanol–water partition coefficient (Wildman–Crippen LogP) is 2.64. The molecule has 1 aromatic heterocycles. The largest absolute Gasteiger partial charge is 0.377 e. The van der Waals surface area contributed by atoms with Crippen LogP contribution < -0.4 is 15.5 Å². The first kappa shape index (κ1) is 13.1. The summed E-state index contributed by atoms with van der Waals surface area (Å²) in [7, 11) is 5.89. The first-order chi connectivity index (χ1) is 9.10. The maximum Gasteiger partial charge on any atom is 0.151 e. The van der Waals surface area contributed by atoms with Crippen LogP contribution in [0.3, 0.4) is 0 Å². The lowest BCUT2D eigenvalue weighted by Crippen LogP contribution is -2.10. The van der Waals surface area contributed by atoms with Gasteiger partial charge in [0.05, 0.1) is 12.4 Å². The average molecular weight is 257 g/mol. The second kappa shape index (κ2) is 5.56. The van der Waals surface area contributed by atoms with Gasteiger partial charge < -0.3 is 15.5 Å². The fraction of sp³-hybridized carbons (Fsp3) is 0.286. The van der Waals surface area contributed by atoms with E-state index in [1.807, 2.05) is 27.2 Å². The molecule has 2 aromatic rings. The highest BCUT2D eigenvalue weighted by molar-refractivity contribution is 5.66. The van der Waals surface area contributed by atoms with Gasteiger partial charge in [-0.2, -0.15) is 0 Å². The summed E-state index contributed by atoms with van der Waals surface area (Å²) in [6, 6.07) is 6.23. The summed E-state index contributed by atoms with van der Waals surface area (Å²) in [6.45, 7) is 2.10. The summed E-state index contributed by atoms with van der Waals surface area (Å²) in [4.78, 5) is 10.6. The molecule has 0 fully saturated rings. The van der Waals surface area contributed by atoms with E-state index >= 15 is 0 Å². The monoisotopic (exact) mass is 257 g/mol. The van der Waals surface area contributed by atoms with E-state index in [1.54, 1.807) is 12.4 Å². The number of rotatable bonds is 4. The van der Waals surface area contributed by atoms with Gasteiger partial charge in [0.25, 0.3) is 0 Å². The lowest BCUT2D eigenvalue weighted by atomic mass is 10.1. The molecule has 19 heavy (non-hydrogen) atoms. The number of anilines is 4. The summed E-state index contributed by atoms with van der Waals surface area (Å²) in [5, 5.41) is 6.23. The molecule has 2 rings (SSSR count). The molecule has 0 bridgehead atoms. The Morgan fingerprint density at radius 3 is 2.53 bits per heavy atom. The van der Waals surface area contributed by atoms with E-state index in [4.69, 9.17) is 0 Å². The molecule has 0 aliphatic carbocycles. The van der Waals surface area contributed by atoms with Gasteiger partial charge in [0.15, 0.2) is 5.82 Å². The molecule has 5 heteroatoms. The number of nitrogens with one attached hydrogen (secondary N) is 2. The highest BCUT2D eigenvalue weighted by Crippen LogP contribution is 2.24. The lowest BCUT2D eigenvalue weighted by molar-refractivity contribution is 1.11. The minimum Gasteiger partial charge on any atom is -0.377 e. The van der Waals surface area contributed by atoms with Gasteiger partial charge in [0.2, 0.25) is 0 Å². The van der Waals surface area contributed by atoms with Crippen LogP contribution in [0.15, 0.2) is 30.6 Å². The van der Waals surface area contributed by atoms with Crippen LogP contribution in [0.2, 0.25) is 0 Å². The van der Waals surface area contributed by atoms with E-state index in [9.17, 15) is 0 Å². The summed E-state index contributed by atoms with van der Waals surface area (Å²) < 4.78 is 0. The van der Waals surface area contributed by atoms with E-state index < -0.39 is 0 Å². The Kier molecular flexibility index (Phi) is 3.85. The van der Waals surface area contributed by atoms with E-state index in [2.05, 4.69) is 44.6 Å². The van der Waals surface area contributed by atoms with Crippen molar-refractivity contribution < 1.29 is 0 Å². The van der Waals surface area contributed by atoms with Crippen molar-refractivity contribution in [3.8, 4) is 0 Å². The van der Waals surface area contributed by atoms with Crippen LogP contribution in [0.5, 0.6) is 0 Å². The molecule has 0 aliphatic rings. The van der Waals surface area contributed by atoms with Crippen LogP contribution in [0.1, 0.15) is 5.56 Å². The van der Waals surface area contributed by atoms with Crippen LogP contribution in [-0.2, 0) is 0 Å². The molecule has 0 unspecified atom stereocenters. The number of hydrogen-bond acceptors (Lipinski definition) is 5. The topological polar surface area (TPSA) is 53.1 Å². The molecule has 0 aliphatic heterocycles. The van der Waals surface area contributed by atoms with Gasteiger partial charge >= 0.3 is 0 Å². The second-order valence-electron chi connectivity index (χ2n) is 4.56. The highest BCUT2D eigenvalue weighted by atomic mass is 15.1. The molecule has 1 heterocycles. The number of aryl methyl sites for hydroxylation is 1. The Hall–Kier alpha value is -2.30. The molecule has 0 amide bonds. The molecule has 0 saturated carbocycles. The zero-order valence-corrected chi connectivity index (χ0v) is 11.7. The van der Waals surface area contributed by atoms with E-state index in [-0.39, 0.29) is 0 Å². The normalized spacial score (nSPS) is 10.1. The maximum atomic E-state index is 4.39. The van der Waals surface area contributed by atoms with Crippen molar-refractivity contribution in [1.29, 1.82) is 0 Å². The maximum absolute atomic E-state index is 4.39. The third-order valence-corrected chi connectivity index (χ3v) is 2.85. The first-order valence-corrected chi connectivity index (χ1v) is 6.15. The molecular weight excluding hydrogens is 238 g/mol. The summed E-state index contributed by atoms with van der Waals surface area (Å²) in [6.07, 6.45) is 3.39. The number of nitrogens with zero attached hydrogens (tertiary/aromatic N) is 3. The first-order valence-electron chi connectivity index (χ1n) is 6.15. The fourth-order valence-electron chi connectivity index (χ4n) is 1.86. The van der Waals surface area contributed by atoms with Gasteiger partial charge in [0.1, 0.15) is 5.82 Å². The Morgan fingerprint density at radius 1 is 1.11 bits per heavy atom. The predicted molar refractivity (Wildman–Crippen MR) is 80.4 cm³/mol. The van der Waals surface area contributed by atoms with Crippen LogP contribution in [-0.4, -0.2) is 31.1 Å². The Bertz CT molecular complexity index is 566. The molecule has 100 valence electrons. The molecule has 2 N–H and O–H groups in total. The Balaban J connectivity index is 2.25. The summed E-state index contributed by atoms with van der Waals surface area (Å²) >= 11 is 0. The zero-order valence-electron chi connectivity index (χ0n) is 11.7. The van der Waals surface area contributed by atoms with Crippen molar-refractivity contribution in [1.82, 2.24) is 9.97 Å². The molecule has 0 atom stereocenters. The third-order valence-electron chi connectivity index (χ3n) is 2.85. The van der Waals surface area contributed by atoms with Gasteiger partial charge in [-0.1, -0.05) is 6.07 Å². The third kappa shape index (κ3) is 3.13. The van der Waals surface area contributed by atoms with E-state index in [1.165, 1.54) is 11.3 Å². The minimum atomic E-state index is 0.723. The van der Waals surface area contributed by atoms with Gasteiger partial charge in [-0.15, -0.1) is 0 Å². The van der Waals surface area contributed by atoms with Crippen molar-refractivity contribution in [3.05, 3.63) is 36.2 Å². The average Bonchev–Trinajstić information content (AvgIpc) is 2.41. The van der Waals surface area contributed by atoms with Crippen molar-refractivity contribution in [3.63, 3.8) is 0 Å². The van der Waals surface area contributed by atoms with Gasteiger partial charge in [-0.3, -0.25) is 4.98 Å². The van der Waals surface area contributed by atoms with E-state index in [0.29, 0.717) is 0 Å². The van der Waals surface area contributed by atoms with Gasteiger partial charge in [-0.05, 0) is 24.6 Å². The van der Waals surface area contributed by atoms with Crippen LogP contribution in [0.4, 0.5) is 23.0 Å². The summed E-state index contributed by atoms with van der Waals surface area (Å²) in [5.74, 6) is 1.46. The van der Waals surface area contributed by atoms with Crippen molar-refractivity contribution in [2.75, 3.05) is 36.7 Å². The molecule has 5 nitrogen and oxygen atoms in total. The molecule has 0 spiro atoms. The number of aromatic nitrogens is 2. The molecule has 0 radical (unpaired) electrons. The van der Waals surface area contributed by atoms with E-state index in [0.717, 1.165) is 17.3 Å². The molecular formula is C14H19N5. The lowest BCUT2D eigenvalue weighted by Gasteiger charge is -2.17. The van der Waals surface area contributed by atoms with Crippen molar-refractivity contribution in [2.24, 2.45) is 0 Å². The van der Waals surface area contributed by atoms with Crippen LogP contribution in [0.25, 0.3) is 0 Å². The smallest absolute Gasteiger partial charge is 0.151 e. The SMILES string of the molecule is CNc1cncc(Nc2ccc(C)c(N(C)C)c2)n1. The van der Waals surface area contributed by atoms with Crippen LogP contribution in [0, 0.1) is 6.92 Å². The quantitative estimate of drug-likeness (QED) is 0.882. The number of hydrogen-bond donors (Lipinski definition) is 2. The summed E-state index contributed by atoms with van der Waals surface area (Å²) in [5.41, 5.74) is 3.42. The fourth-order valence-corrected chi connectivity index (χ4v) is 1.86. The minimum absolute atomic E-state index is 0.723. The van der Waals surface area contributed by atoms with Gasteiger partial charge in [0, 0.05) is 32.5 Å². The zero-order chi connectivity index (χ0) is 13.8. The highest BCUT2D eigenvalue weighted by Gasteiger charge is 2.04. The van der Waals surface area contributed by atoms with Gasteiger partial charge in [-0.25, -0.2) is 4.98 Å². The standard InChI is InChI=1S/C14H19N5/c1-10-5-6-11(7-12(10)19(3)4)17-14-9-16-8-13(15-2)18-14/h5-9H,1-4H3,(H2,15,17,18). The van der Waals surface area contributed by atoms with Crippen LogP contribution >= 0.6 is 0 Å². The van der Waals surface area contributed by atoms with Crippen molar-refractivity contribution >= 4 is 23.0 Å². The molecule has 1 aromatic carbocycles. The Labute approximate surface area is 113 Å². The Morgan fingerprint density at radius 2 is 1.84 bits per heavy atom. The molecule has 0 saturated heterocycles. The van der Waals surface area contributed by atoms with Crippen molar-refractivity contribution in [2.45, 2.75) is 6.92 Å². The number of benzene rings is 1. The second-order valence-corrected chi connectivity index (χ2v) is 4.56.